The Bertz CT molecular complexity index is 228. The van der Waals surface area contributed by atoms with Gasteiger partial charge in [0.1, 0.15) is 0 Å². The van der Waals surface area contributed by atoms with Crippen molar-refractivity contribution in [3.05, 3.63) is 0 Å². The van der Waals surface area contributed by atoms with Gasteiger partial charge in [-0.15, -0.1) is 0 Å². The molecule has 2 N–H and O–H groups in total. The van der Waals surface area contributed by atoms with Crippen molar-refractivity contribution in [1.82, 2.24) is 4.90 Å². The highest BCUT2D eigenvalue weighted by molar-refractivity contribution is 4.86. The highest BCUT2D eigenvalue weighted by Crippen LogP contribution is 2.31. The number of hydrogen-bond acceptors (Lipinski definition) is 3. The molecule has 102 valence electrons. The van der Waals surface area contributed by atoms with Crippen LogP contribution in [0.15, 0.2) is 0 Å². The van der Waals surface area contributed by atoms with Gasteiger partial charge in [0.15, 0.2) is 0 Å². The zero-order valence-electron chi connectivity index (χ0n) is 12.3. The van der Waals surface area contributed by atoms with Crippen LogP contribution in [0.3, 0.4) is 0 Å². The first-order chi connectivity index (χ1) is 7.79. The number of piperidine rings is 1. The third kappa shape index (κ3) is 4.57. The van der Waals surface area contributed by atoms with E-state index >= 15 is 0 Å². The lowest BCUT2D eigenvalue weighted by atomic mass is 9.81. The van der Waals surface area contributed by atoms with Crippen molar-refractivity contribution in [3.63, 3.8) is 0 Å². The Morgan fingerprint density at radius 3 is 2.24 bits per heavy atom. The molecule has 0 bridgehead atoms. The van der Waals surface area contributed by atoms with Crippen LogP contribution < -0.4 is 5.73 Å². The molecule has 3 heteroatoms. The van der Waals surface area contributed by atoms with Gasteiger partial charge in [0.25, 0.3) is 0 Å². The average Bonchev–Trinajstić information content (AvgIpc) is 2.26. The Morgan fingerprint density at radius 1 is 1.29 bits per heavy atom. The zero-order valence-corrected chi connectivity index (χ0v) is 12.3. The summed E-state index contributed by atoms with van der Waals surface area (Å²) in [5.74, 6) is 0. The molecule has 1 rings (SSSR count). The SMILES string of the molecule is COC(C)(C)CC(CN)N1CCC(C)(C)CC1. The van der Waals surface area contributed by atoms with Crippen LogP contribution in [0.4, 0.5) is 0 Å². The van der Waals surface area contributed by atoms with Crippen molar-refractivity contribution in [2.45, 2.75) is 58.6 Å². The van der Waals surface area contributed by atoms with Gasteiger partial charge in [0.2, 0.25) is 0 Å². The van der Waals surface area contributed by atoms with Gasteiger partial charge in [-0.05, 0) is 51.6 Å². The third-order valence-corrected chi connectivity index (χ3v) is 4.22. The summed E-state index contributed by atoms with van der Waals surface area (Å²) < 4.78 is 5.52. The molecule has 1 atom stereocenters. The van der Waals surface area contributed by atoms with E-state index < -0.39 is 0 Å². The number of hydrogen-bond donors (Lipinski definition) is 1. The first kappa shape index (κ1) is 14.9. The molecular formula is C14H30N2O. The van der Waals surface area contributed by atoms with E-state index in [-0.39, 0.29) is 5.60 Å². The minimum absolute atomic E-state index is 0.0724. The molecule has 0 aliphatic carbocycles. The fourth-order valence-electron chi connectivity index (χ4n) is 2.51. The maximum absolute atomic E-state index is 5.94. The van der Waals surface area contributed by atoms with Crippen LogP contribution >= 0.6 is 0 Å². The summed E-state index contributed by atoms with van der Waals surface area (Å²) in [6, 6.07) is 0.459. The predicted molar refractivity (Wildman–Crippen MR) is 73.1 cm³/mol. The largest absolute Gasteiger partial charge is 0.379 e. The van der Waals surface area contributed by atoms with Gasteiger partial charge in [-0.3, -0.25) is 4.90 Å². The number of nitrogens with zero attached hydrogens (tertiary/aromatic N) is 1. The fourth-order valence-corrected chi connectivity index (χ4v) is 2.51. The van der Waals surface area contributed by atoms with Gasteiger partial charge in [-0.25, -0.2) is 0 Å². The van der Waals surface area contributed by atoms with Crippen molar-refractivity contribution in [3.8, 4) is 0 Å². The van der Waals surface area contributed by atoms with Gasteiger partial charge in [0, 0.05) is 19.7 Å². The fraction of sp³-hybridized carbons (Fsp3) is 1.00. The van der Waals surface area contributed by atoms with Crippen molar-refractivity contribution < 1.29 is 4.74 Å². The van der Waals surface area contributed by atoms with Crippen molar-refractivity contribution in [1.29, 1.82) is 0 Å². The number of nitrogens with two attached hydrogens (primary N) is 1. The molecule has 0 saturated carbocycles. The van der Waals surface area contributed by atoms with Gasteiger partial charge in [-0.2, -0.15) is 0 Å². The Morgan fingerprint density at radius 2 is 1.82 bits per heavy atom. The molecule has 0 radical (unpaired) electrons. The minimum Gasteiger partial charge on any atom is -0.379 e. The second-order valence-corrected chi connectivity index (χ2v) is 6.76. The molecule has 1 unspecified atom stereocenters. The summed E-state index contributed by atoms with van der Waals surface area (Å²) in [6.45, 7) is 12.1. The molecule has 0 aromatic carbocycles. The summed E-state index contributed by atoms with van der Waals surface area (Å²) in [5, 5.41) is 0. The summed E-state index contributed by atoms with van der Waals surface area (Å²) >= 11 is 0. The van der Waals surface area contributed by atoms with Crippen LogP contribution in [0.2, 0.25) is 0 Å². The van der Waals surface area contributed by atoms with Crippen LogP contribution in [0.5, 0.6) is 0 Å². The summed E-state index contributed by atoms with van der Waals surface area (Å²) in [6.07, 6.45) is 3.56. The van der Waals surface area contributed by atoms with E-state index in [9.17, 15) is 0 Å². The topological polar surface area (TPSA) is 38.5 Å². The molecule has 17 heavy (non-hydrogen) atoms. The summed E-state index contributed by atoms with van der Waals surface area (Å²) in [5.41, 5.74) is 6.37. The van der Waals surface area contributed by atoms with E-state index in [0.717, 1.165) is 13.0 Å². The highest BCUT2D eigenvalue weighted by atomic mass is 16.5. The van der Waals surface area contributed by atoms with Crippen LogP contribution in [0.1, 0.15) is 47.0 Å². The summed E-state index contributed by atoms with van der Waals surface area (Å²) in [4.78, 5) is 2.55. The van der Waals surface area contributed by atoms with Crippen LogP contribution in [-0.4, -0.2) is 43.3 Å². The van der Waals surface area contributed by atoms with Crippen molar-refractivity contribution >= 4 is 0 Å². The molecule has 1 aliphatic heterocycles. The van der Waals surface area contributed by atoms with Crippen LogP contribution in [0, 0.1) is 5.41 Å². The standard InChI is InChI=1S/C14H30N2O/c1-13(2)6-8-16(9-7-13)12(11-15)10-14(3,4)17-5/h12H,6-11,15H2,1-5H3. The highest BCUT2D eigenvalue weighted by Gasteiger charge is 2.31. The maximum Gasteiger partial charge on any atom is 0.0638 e. The van der Waals surface area contributed by atoms with E-state index in [4.69, 9.17) is 10.5 Å². The Balaban J connectivity index is 2.52. The second-order valence-electron chi connectivity index (χ2n) is 6.76. The molecule has 3 nitrogen and oxygen atoms in total. The lowest BCUT2D eigenvalue weighted by molar-refractivity contribution is -0.0155. The Kier molecular flexibility index (Phi) is 4.99. The molecule has 1 aliphatic rings. The quantitative estimate of drug-likeness (QED) is 0.803. The smallest absolute Gasteiger partial charge is 0.0638 e. The van der Waals surface area contributed by atoms with Gasteiger partial charge in [0.05, 0.1) is 5.60 Å². The Labute approximate surface area is 107 Å². The molecule has 0 spiro atoms. The zero-order chi connectivity index (χ0) is 13.1. The van der Waals surface area contributed by atoms with E-state index in [2.05, 4.69) is 32.6 Å². The first-order valence-electron chi connectivity index (χ1n) is 6.79. The number of likely N-dealkylation sites (tertiary alicyclic amines) is 1. The molecule has 1 saturated heterocycles. The molecular weight excluding hydrogens is 212 g/mol. The lowest BCUT2D eigenvalue weighted by Gasteiger charge is -2.42. The monoisotopic (exact) mass is 242 g/mol. The van der Waals surface area contributed by atoms with E-state index in [0.29, 0.717) is 11.5 Å². The molecule has 1 heterocycles. The number of ether oxygens (including phenoxy) is 1. The van der Waals surface area contributed by atoms with Gasteiger partial charge in [-0.1, -0.05) is 13.8 Å². The number of methoxy groups -OCH3 is 1. The van der Waals surface area contributed by atoms with Crippen molar-refractivity contribution in [2.24, 2.45) is 11.1 Å². The van der Waals surface area contributed by atoms with E-state index in [1.54, 1.807) is 7.11 Å². The third-order valence-electron chi connectivity index (χ3n) is 4.22. The normalized spacial score (nSPS) is 23.6. The summed E-state index contributed by atoms with van der Waals surface area (Å²) in [7, 11) is 1.78. The molecule has 0 aromatic heterocycles. The molecule has 1 fully saturated rings. The van der Waals surface area contributed by atoms with Gasteiger partial charge >= 0.3 is 0 Å². The van der Waals surface area contributed by atoms with Crippen LogP contribution in [0.25, 0.3) is 0 Å². The maximum atomic E-state index is 5.94. The number of rotatable bonds is 5. The van der Waals surface area contributed by atoms with E-state index in [1.165, 1.54) is 25.9 Å². The molecule has 0 amide bonds. The Hall–Kier alpha value is -0.120. The van der Waals surface area contributed by atoms with E-state index in [1.807, 2.05) is 0 Å². The first-order valence-corrected chi connectivity index (χ1v) is 6.79. The predicted octanol–water partition coefficient (Wildman–Crippen LogP) is 2.25. The average molecular weight is 242 g/mol. The minimum atomic E-state index is -0.0724. The molecule has 0 aromatic rings. The second kappa shape index (κ2) is 5.68. The lowest BCUT2D eigenvalue weighted by Crippen LogP contribution is -2.49. The van der Waals surface area contributed by atoms with Crippen LogP contribution in [-0.2, 0) is 4.74 Å². The van der Waals surface area contributed by atoms with Gasteiger partial charge < -0.3 is 10.5 Å². The van der Waals surface area contributed by atoms with Crippen molar-refractivity contribution in [2.75, 3.05) is 26.7 Å².